The van der Waals surface area contributed by atoms with Crippen LogP contribution in [0.1, 0.15) is 0 Å². The molecule has 0 saturated carbocycles. The SMILES string of the molecule is O=S(=O)(Nc1ccc(Oc2ccc(-n3cccc3)nn2)cc1)c1cccc(F)c1. The average molecular weight is 410 g/mol. The molecule has 0 spiro atoms. The van der Waals surface area contributed by atoms with Crippen molar-refractivity contribution in [2.24, 2.45) is 0 Å². The Morgan fingerprint density at radius 3 is 2.31 bits per heavy atom. The maximum Gasteiger partial charge on any atom is 0.261 e. The van der Waals surface area contributed by atoms with E-state index in [4.69, 9.17) is 4.74 Å². The van der Waals surface area contributed by atoms with Crippen molar-refractivity contribution in [1.29, 1.82) is 0 Å². The molecule has 0 aliphatic rings. The molecule has 146 valence electrons. The molecule has 4 rings (SSSR count). The fourth-order valence-electron chi connectivity index (χ4n) is 2.55. The molecule has 9 heteroatoms. The Bertz CT molecular complexity index is 1210. The number of hydrogen-bond donors (Lipinski definition) is 1. The smallest absolute Gasteiger partial charge is 0.261 e. The van der Waals surface area contributed by atoms with Gasteiger partial charge in [0.15, 0.2) is 5.82 Å². The van der Waals surface area contributed by atoms with Crippen LogP contribution >= 0.6 is 0 Å². The van der Waals surface area contributed by atoms with Crippen LogP contribution in [0.25, 0.3) is 5.82 Å². The molecule has 0 aliphatic heterocycles. The summed E-state index contributed by atoms with van der Waals surface area (Å²) in [4.78, 5) is -0.157. The Morgan fingerprint density at radius 2 is 1.66 bits per heavy atom. The van der Waals surface area contributed by atoms with Crippen LogP contribution in [0.2, 0.25) is 0 Å². The topological polar surface area (TPSA) is 86.1 Å². The number of rotatable bonds is 6. The molecule has 2 aromatic heterocycles. The van der Waals surface area contributed by atoms with Crippen LogP contribution in [0.4, 0.5) is 10.1 Å². The lowest BCUT2D eigenvalue weighted by atomic mass is 10.3. The van der Waals surface area contributed by atoms with Crippen molar-refractivity contribution in [3.8, 4) is 17.4 Å². The third-order valence-corrected chi connectivity index (χ3v) is 5.31. The van der Waals surface area contributed by atoms with E-state index in [2.05, 4.69) is 14.9 Å². The fraction of sp³-hybridized carbons (Fsp3) is 0. The van der Waals surface area contributed by atoms with Crippen LogP contribution in [-0.2, 0) is 10.0 Å². The van der Waals surface area contributed by atoms with Crippen LogP contribution in [0.15, 0.2) is 90.1 Å². The van der Waals surface area contributed by atoms with Gasteiger partial charge in [0.25, 0.3) is 10.0 Å². The number of aromatic nitrogens is 3. The minimum Gasteiger partial charge on any atom is -0.438 e. The zero-order chi connectivity index (χ0) is 20.3. The van der Waals surface area contributed by atoms with Gasteiger partial charge in [-0.2, -0.15) is 0 Å². The van der Waals surface area contributed by atoms with Crippen molar-refractivity contribution in [2.45, 2.75) is 4.90 Å². The minimum absolute atomic E-state index is 0.157. The Morgan fingerprint density at radius 1 is 0.897 bits per heavy atom. The van der Waals surface area contributed by atoms with Gasteiger partial charge in [-0.05, 0) is 60.7 Å². The predicted octanol–water partition coefficient (Wildman–Crippen LogP) is 4.00. The Kier molecular flexibility index (Phi) is 4.96. The summed E-state index contributed by atoms with van der Waals surface area (Å²) in [6.45, 7) is 0. The molecule has 0 saturated heterocycles. The summed E-state index contributed by atoms with van der Waals surface area (Å²) < 4.78 is 47.8. The molecular weight excluding hydrogens is 395 g/mol. The second kappa shape index (κ2) is 7.72. The van der Waals surface area contributed by atoms with Gasteiger partial charge in [0.05, 0.1) is 4.90 Å². The van der Waals surface area contributed by atoms with E-state index in [9.17, 15) is 12.8 Å². The zero-order valence-corrected chi connectivity index (χ0v) is 15.8. The van der Waals surface area contributed by atoms with E-state index >= 15 is 0 Å². The van der Waals surface area contributed by atoms with E-state index in [-0.39, 0.29) is 4.90 Å². The molecular formula is C20H15FN4O3S. The number of halogens is 1. The molecule has 2 aromatic carbocycles. The molecule has 0 atom stereocenters. The maximum atomic E-state index is 13.3. The Hall–Kier alpha value is -3.72. The first kappa shape index (κ1) is 18.6. The lowest BCUT2D eigenvalue weighted by Crippen LogP contribution is -2.13. The zero-order valence-electron chi connectivity index (χ0n) is 14.9. The third-order valence-electron chi connectivity index (χ3n) is 3.93. The van der Waals surface area contributed by atoms with Gasteiger partial charge in [-0.15, -0.1) is 10.2 Å². The molecule has 29 heavy (non-hydrogen) atoms. The van der Waals surface area contributed by atoms with Crippen molar-refractivity contribution in [2.75, 3.05) is 4.72 Å². The third kappa shape index (κ3) is 4.41. The fourth-order valence-corrected chi connectivity index (χ4v) is 3.64. The quantitative estimate of drug-likeness (QED) is 0.519. The summed E-state index contributed by atoms with van der Waals surface area (Å²) in [6, 6.07) is 18.3. The predicted molar refractivity (Wildman–Crippen MR) is 105 cm³/mol. The van der Waals surface area contributed by atoms with E-state index in [1.165, 1.54) is 30.3 Å². The molecule has 0 fully saturated rings. The lowest BCUT2D eigenvalue weighted by molar-refractivity contribution is 0.454. The van der Waals surface area contributed by atoms with Gasteiger partial charge in [-0.1, -0.05) is 6.07 Å². The molecule has 0 amide bonds. The van der Waals surface area contributed by atoms with E-state index in [1.54, 1.807) is 24.3 Å². The number of sulfonamides is 1. The van der Waals surface area contributed by atoms with Crippen molar-refractivity contribution < 1.29 is 17.5 Å². The number of nitrogens with one attached hydrogen (secondary N) is 1. The van der Waals surface area contributed by atoms with Gasteiger partial charge < -0.3 is 9.30 Å². The molecule has 1 N–H and O–H groups in total. The van der Waals surface area contributed by atoms with E-state index in [1.807, 2.05) is 29.1 Å². The van der Waals surface area contributed by atoms with Gasteiger partial charge in [0.1, 0.15) is 11.6 Å². The number of anilines is 1. The summed E-state index contributed by atoms with van der Waals surface area (Å²) in [7, 11) is -3.89. The van der Waals surface area contributed by atoms with Crippen LogP contribution in [0.5, 0.6) is 11.6 Å². The molecule has 0 bridgehead atoms. The molecule has 0 unspecified atom stereocenters. The van der Waals surface area contributed by atoms with Crippen molar-refractivity contribution in [3.05, 3.63) is 91.0 Å². The number of benzene rings is 2. The van der Waals surface area contributed by atoms with Crippen LogP contribution in [-0.4, -0.2) is 23.2 Å². The van der Waals surface area contributed by atoms with E-state index in [0.29, 0.717) is 23.1 Å². The summed E-state index contributed by atoms with van der Waals surface area (Å²) in [6.07, 6.45) is 3.71. The number of ether oxygens (including phenoxy) is 1. The van der Waals surface area contributed by atoms with Crippen molar-refractivity contribution in [1.82, 2.24) is 14.8 Å². The van der Waals surface area contributed by atoms with Crippen LogP contribution in [0.3, 0.4) is 0 Å². The number of hydrogen-bond acceptors (Lipinski definition) is 5. The summed E-state index contributed by atoms with van der Waals surface area (Å²) in [5.74, 6) is 0.792. The standard InChI is InChI=1S/C20H15FN4O3S/c21-15-4-3-5-18(14-15)29(26,27)24-16-6-8-17(9-7-16)28-20-11-10-19(22-23-20)25-12-1-2-13-25/h1-14,24H. The van der Waals surface area contributed by atoms with Crippen LogP contribution < -0.4 is 9.46 Å². The van der Waals surface area contributed by atoms with Crippen molar-refractivity contribution in [3.63, 3.8) is 0 Å². The first-order valence-corrected chi connectivity index (χ1v) is 10.0. The van der Waals surface area contributed by atoms with Gasteiger partial charge in [-0.25, -0.2) is 12.8 Å². The first-order valence-electron chi connectivity index (χ1n) is 8.53. The van der Waals surface area contributed by atoms with Gasteiger partial charge >= 0.3 is 0 Å². The maximum absolute atomic E-state index is 13.3. The Labute approximate surface area is 166 Å². The lowest BCUT2D eigenvalue weighted by Gasteiger charge is -2.09. The second-order valence-electron chi connectivity index (χ2n) is 6.01. The molecule has 7 nitrogen and oxygen atoms in total. The van der Waals surface area contributed by atoms with Crippen LogP contribution in [0, 0.1) is 5.82 Å². The molecule has 0 radical (unpaired) electrons. The highest BCUT2D eigenvalue weighted by atomic mass is 32.2. The summed E-state index contributed by atoms with van der Waals surface area (Å²) >= 11 is 0. The normalized spacial score (nSPS) is 11.2. The number of nitrogens with zero attached hydrogens (tertiary/aromatic N) is 3. The Balaban J connectivity index is 1.44. The van der Waals surface area contributed by atoms with Gasteiger partial charge in [0.2, 0.25) is 5.88 Å². The van der Waals surface area contributed by atoms with Crippen molar-refractivity contribution >= 4 is 15.7 Å². The van der Waals surface area contributed by atoms with Gasteiger partial charge in [-0.3, -0.25) is 4.72 Å². The summed E-state index contributed by atoms with van der Waals surface area (Å²) in [5.41, 5.74) is 0.315. The minimum atomic E-state index is -3.89. The van der Waals surface area contributed by atoms with Gasteiger partial charge in [0, 0.05) is 24.1 Å². The highest BCUT2D eigenvalue weighted by Gasteiger charge is 2.15. The average Bonchev–Trinajstić information content (AvgIpc) is 3.25. The molecule has 2 heterocycles. The monoisotopic (exact) mass is 410 g/mol. The highest BCUT2D eigenvalue weighted by molar-refractivity contribution is 7.92. The molecule has 4 aromatic rings. The summed E-state index contributed by atoms with van der Waals surface area (Å²) in [5, 5.41) is 8.11. The van der Waals surface area contributed by atoms with E-state index < -0.39 is 15.8 Å². The first-order chi connectivity index (χ1) is 14.0. The highest BCUT2D eigenvalue weighted by Crippen LogP contribution is 2.23. The van der Waals surface area contributed by atoms with E-state index in [0.717, 1.165) is 6.07 Å². The molecule has 0 aliphatic carbocycles. The largest absolute Gasteiger partial charge is 0.438 e. The second-order valence-corrected chi connectivity index (χ2v) is 7.69.